The fourth-order valence-electron chi connectivity index (χ4n) is 5.32. The molecule has 0 radical (unpaired) electrons. The first-order valence-corrected chi connectivity index (χ1v) is 10.8. The molecule has 3 aliphatic rings. The Balaban J connectivity index is 1.48. The molecule has 7 nitrogen and oxygen atoms in total. The van der Waals surface area contributed by atoms with Gasteiger partial charge in [-0.25, -0.2) is 0 Å². The standard InChI is InChI=1S/C24H23N5O2/c1-28-20(13-19(27-28)15-8-9-15)22(30)29-12-10-24(21(29)16-5-4-11-25-14-16)17-6-2-3-7-18(17)26-23(24)31/h2-7,11,13-15,21H,8-10,12H2,1H3,(H,26,31). The monoisotopic (exact) mass is 413 g/mol. The maximum atomic E-state index is 13.8. The zero-order valence-electron chi connectivity index (χ0n) is 17.3. The number of pyridine rings is 1. The molecule has 1 saturated carbocycles. The molecular formula is C24H23N5O2. The number of amides is 2. The van der Waals surface area contributed by atoms with E-state index in [1.54, 1.807) is 17.1 Å². The van der Waals surface area contributed by atoms with Crippen LogP contribution in [0.2, 0.25) is 0 Å². The number of rotatable bonds is 3. The lowest BCUT2D eigenvalue weighted by molar-refractivity contribution is -0.121. The molecule has 3 aromatic rings. The average molecular weight is 413 g/mol. The molecular weight excluding hydrogens is 390 g/mol. The van der Waals surface area contributed by atoms with E-state index in [0.29, 0.717) is 24.6 Å². The van der Waals surface area contributed by atoms with Crippen LogP contribution in [0.3, 0.4) is 0 Å². The van der Waals surface area contributed by atoms with E-state index >= 15 is 0 Å². The fourth-order valence-corrected chi connectivity index (χ4v) is 5.32. The molecule has 0 bridgehead atoms. The van der Waals surface area contributed by atoms with Crippen molar-refractivity contribution >= 4 is 17.5 Å². The van der Waals surface area contributed by atoms with Gasteiger partial charge in [0, 0.05) is 37.6 Å². The third-order valence-corrected chi connectivity index (χ3v) is 6.96. The van der Waals surface area contributed by atoms with Crippen molar-refractivity contribution in [1.82, 2.24) is 19.7 Å². The summed E-state index contributed by atoms with van der Waals surface area (Å²) in [7, 11) is 1.82. The summed E-state index contributed by atoms with van der Waals surface area (Å²) >= 11 is 0. The molecule has 6 rings (SSSR count). The molecule has 2 aromatic heterocycles. The number of para-hydroxylation sites is 1. The van der Waals surface area contributed by atoms with Crippen molar-refractivity contribution in [2.45, 2.75) is 36.6 Å². The van der Waals surface area contributed by atoms with Gasteiger partial charge >= 0.3 is 0 Å². The topological polar surface area (TPSA) is 80.1 Å². The molecule has 156 valence electrons. The Labute approximate surface area is 180 Å². The van der Waals surface area contributed by atoms with Gasteiger partial charge in [0.25, 0.3) is 5.91 Å². The van der Waals surface area contributed by atoms with Crippen LogP contribution < -0.4 is 5.32 Å². The summed E-state index contributed by atoms with van der Waals surface area (Å²) in [6.07, 6.45) is 6.31. The molecule has 2 aliphatic heterocycles. The lowest BCUT2D eigenvalue weighted by atomic mass is 9.73. The number of benzene rings is 1. The first-order valence-electron chi connectivity index (χ1n) is 10.8. The minimum Gasteiger partial charge on any atom is -0.329 e. The van der Waals surface area contributed by atoms with Gasteiger partial charge in [0.05, 0.1) is 11.7 Å². The Kier molecular flexibility index (Phi) is 3.84. The number of aromatic nitrogens is 3. The van der Waals surface area contributed by atoms with E-state index in [0.717, 1.165) is 35.3 Å². The first-order chi connectivity index (χ1) is 15.1. The molecule has 1 spiro atoms. The SMILES string of the molecule is Cn1nc(C2CC2)cc1C(=O)N1CCC2(C(=O)Nc3ccccc32)C1c1cccnc1. The van der Waals surface area contributed by atoms with Crippen molar-refractivity contribution in [3.63, 3.8) is 0 Å². The molecule has 1 aliphatic carbocycles. The highest BCUT2D eigenvalue weighted by atomic mass is 16.2. The van der Waals surface area contributed by atoms with Gasteiger partial charge in [-0.3, -0.25) is 19.3 Å². The summed E-state index contributed by atoms with van der Waals surface area (Å²) in [4.78, 5) is 33.3. The second-order valence-electron chi connectivity index (χ2n) is 8.76. The lowest BCUT2D eigenvalue weighted by Crippen LogP contribution is -2.43. The molecule has 1 aromatic carbocycles. The maximum absolute atomic E-state index is 13.8. The van der Waals surface area contributed by atoms with Gasteiger partial charge in [-0.1, -0.05) is 24.3 Å². The third-order valence-electron chi connectivity index (χ3n) is 6.96. The van der Waals surface area contributed by atoms with Gasteiger partial charge in [0.2, 0.25) is 5.91 Å². The Bertz CT molecular complexity index is 1200. The normalized spacial score (nSPS) is 24.5. The van der Waals surface area contributed by atoms with E-state index in [9.17, 15) is 9.59 Å². The Morgan fingerprint density at radius 2 is 2.03 bits per heavy atom. The van der Waals surface area contributed by atoms with Crippen molar-refractivity contribution in [3.8, 4) is 0 Å². The van der Waals surface area contributed by atoms with Crippen LogP contribution in [0.5, 0.6) is 0 Å². The number of nitrogens with one attached hydrogen (secondary N) is 1. The predicted octanol–water partition coefficient (Wildman–Crippen LogP) is 3.17. The average Bonchev–Trinajstić information content (AvgIpc) is 3.36. The molecule has 1 saturated heterocycles. The van der Waals surface area contributed by atoms with Crippen LogP contribution in [0, 0.1) is 0 Å². The minimum atomic E-state index is -0.826. The minimum absolute atomic E-state index is 0.0541. The molecule has 31 heavy (non-hydrogen) atoms. The van der Waals surface area contributed by atoms with E-state index < -0.39 is 11.5 Å². The van der Waals surface area contributed by atoms with Crippen LogP contribution in [-0.2, 0) is 17.3 Å². The number of hydrogen-bond acceptors (Lipinski definition) is 4. The summed E-state index contributed by atoms with van der Waals surface area (Å²) in [5.74, 6) is 0.325. The number of anilines is 1. The van der Waals surface area contributed by atoms with E-state index in [1.165, 1.54) is 0 Å². The number of carbonyl (C=O) groups is 2. The lowest BCUT2D eigenvalue weighted by Gasteiger charge is -2.34. The zero-order chi connectivity index (χ0) is 21.2. The fraction of sp³-hybridized carbons (Fsp3) is 0.333. The zero-order valence-corrected chi connectivity index (χ0v) is 17.3. The van der Waals surface area contributed by atoms with Crippen LogP contribution >= 0.6 is 0 Å². The summed E-state index contributed by atoms with van der Waals surface area (Å²) in [5, 5.41) is 7.63. The third kappa shape index (κ3) is 2.59. The van der Waals surface area contributed by atoms with Crippen LogP contribution in [0.4, 0.5) is 5.69 Å². The number of nitrogens with zero attached hydrogens (tertiary/aromatic N) is 4. The Hall–Kier alpha value is -3.48. The molecule has 2 atom stereocenters. The molecule has 1 N–H and O–H groups in total. The molecule has 2 fully saturated rings. The van der Waals surface area contributed by atoms with Crippen LogP contribution in [0.1, 0.15) is 58.5 Å². The van der Waals surface area contributed by atoms with Gasteiger partial charge in [-0.15, -0.1) is 0 Å². The highest BCUT2D eigenvalue weighted by molar-refractivity contribution is 6.08. The smallest absolute Gasteiger partial charge is 0.272 e. The summed E-state index contributed by atoms with van der Waals surface area (Å²) in [6, 6.07) is 13.1. The van der Waals surface area contributed by atoms with Crippen molar-refractivity contribution in [2.24, 2.45) is 7.05 Å². The second-order valence-corrected chi connectivity index (χ2v) is 8.76. The highest BCUT2D eigenvalue weighted by Gasteiger charge is 2.59. The van der Waals surface area contributed by atoms with Crippen LogP contribution in [0.25, 0.3) is 0 Å². The van der Waals surface area contributed by atoms with Gasteiger partial charge in [0.1, 0.15) is 11.1 Å². The van der Waals surface area contributed by atoms with Gasteiger partial charge < -0.3 is 10.2 Å². The van der Waals surface area contributed by atoms with Crippen LogP contribution in [-0.4, -0.2) is 38.0 Å². The molecule has 2 amide bonds. The Morgan fingerprint density at radius 1 is 1.19 bits per heavy atom. The van der Waals surface area contributed by atoms with E-state index in [-0.39, 0.29) is 11.8 Å². The maximum Gasteiger partial charge on any atom is 0.272 e. The second kappa shape index (κ2) is 6.51. The van der Waals surface area contributed by atoms with E-state index in [4.69, 9.17) is 0 Å². The first kappa shape index (κ1) is 18.3. The van der Waals surface area contributed by atoms with Gasteiger partial charge in [-0.2, -0.15) is 5.10 Å². The number of fused-ring (bicyclic) bond motifs is 2. The predicted molar refractivity (Wildman–Crippen MR) is 115 cm³/mol. The number of hydrogen-bond donors (Lipinski definition) is 1. The largest absolute Gasteiger partial charge is 0.329 e. The Morgan fingerprint density at radius 3 is 2.81 bits per heavy atom. The van der Waals surface area contributed by atoms with Crippen molar-refractivity contribution in [3.05, 3.63) is 77.4 Å². The highest BCUT2D eigenvalue weighted by Crippen LogP contribution is 2.54. The van der Waals surface area contributed by atoms with Crippen LogP contribution in [0.15, 0.2) is 54.9 Å². The molecule has 7 heteroatoms. The van der Waals surface area contributed by atoms with Crippen molar-refractivity contribution in [1.29, 1.82) is 0 Å². The number of likely N-dealkylation sites (tertiary alicyclic amines) is 1. The van der Waals surface area contributed by atoms with E-state index in [1.807, 2.05) is 54.4 Å². The van der Waals surface area contributed by atoms with Crippen molar-refractivity contribution < 1.29 is 9.59 Å². The van der Waals surface area contributed by atoms with Gasteiger partial charge in [0.15, 0.2) is 0 Å². The number of aryl methyl sites for hydroxylation is 1. The molecule has 2 unspecified atom stereocenters. The number of carbonyl (C=O) groups excluding carboxylic acids is 2. The van der Waals surface area contributed by atoms with Crippen molar-refractivity contribution in [2.75, 3.05) is 11.9 Å². The van der Waals surface area contributed by atoms with E-state index in [2.05, 4.69) is 15.4 Å². The summed E-state index contributed by atoms with van der Waals surface area (Å²) in [6.45, 7) is 0.490. The quantitative estimate of drug-likeness (QED) is 0.715. The molecule has 4 heterocycles. The van der Waals surface area contributed by atoms with Gasteiger partial charge in [-0.05, 0) is 48.6 Å². The summed E-state index contributed by atoms with van der Waals surface area (Å²) in [5.41, 5.74) is 3.37. The summed E-state index contributed by atoms with van der Waals surface area (Å²) < 4.78 is 1.68.